The summed E-state index contributed by atoms with van der Waals surface area (Å²) in [6.07, 6.45) is 3.13. The van der Waals surface area contributed by atoms with Gasteiger partial charge in [0.2, 0.25) is 5.88 Å². The topological polar surface area (TPSA) is 71.0 Å². The lowest BCUT2D eigenvalue weighted by Gasteiger charge is -2.35. The van der Waals surface area contributed by atoms with Gasteiger partial charge in [0.15, 0.2) is 5.96 Å². The third kappa shape index (κ3) is 8.02. The normalized spacial score (nSPS) is 17.0. The molecule has 2 rings (SSSR count). The Hall–Kier alpha value is -1.86. The van der Waals surface area contributed by atoms with Crippen LogP contribution in [0, 0.1) is 5.92 Å². The fourth-order valence-electron chi connectivity index (χ4n) is 3.30. The zero-order valence-electron chi connectivity index (χ0n) is 18.1. The van der Waals surface area contributed by atoms with E-state index in [1.807, 2.05) is 32.2 Å². The number of hydrogen-bond acceptors (Lipinski definition) is 5. The molecule has 0 radical (unpaired) electrons. The van der Waals surface area contributed by atoms with Crippen LogP contribution in [0.3, 0.4) is 0 Å². The maximum atomic E-state index is 5.59. The molecule has 1 aliphatic heterocycles. The molecule has 1 aromatic heterocycles. The van der Waals surface area contributed by atoms with Gasteiger partial charge in [-0.3, -0.25) is 9.89 Å². The van der Waals surface area contributed by atoms with E-state index in [1.165, 1.54) is 0 Å². The van der Waals surface area contributed by atoms with Crippen molar-refractivity contribution in [2.45, 2.75) is 52.8 Å². The smallest absolute Gasteiger partial charge is 0.213 e. The third-order valence-corrected chi connectivity index (χ3v) is 4.65. The van der Waals surface area contributed by atoms with Gasteiger partial charge in [-0.15, -0.1) is 0 Å². The van der Waals surface area contributed by atoms with Crippen LogP contribution in [0.2, 0.25) is 0 Å². The second-order valence-corrected chi connectivity index (χ2v) is 7.91. The Labute approximate surface area is 169 Å². The zero-order chi connectivity index (χ0) is 20.4. The zero-order valence-corrected chi connectivity index (χ0v) is 18.1. The molecule has 2 N–H and O–H groups in total. The molecule has 2 heterocycles. The summed E-state index contributed by atoms with van der Waals surface area (Å²) in [5.74, 6) is 2.12. The second-order valence-electron chi connectivity index (χ2n) is 7.91. The molecule has 0 bridgehead atoms. The van der Waals surface area contributed by atoms with Crippen LogP contribution in [0.5, 0.6) is 5.88 Å². The van der Waals surface area contributed by atoms with Gasteiger partial charge in [-0.25, -0.2) is 4.98 Å². The Kier molecular flexibility index (Phi) is 9.50. The molecule has 1 fully saturated rings. The van der Waals surface area contributed by atoms with Gasteiger partial charge in [0, 0.05) is 51.5 Å². The van der Waals surface area contributed by atoms with E-state index in [9.17, 15) is 0 Å². The minimum atomic E-state index is 0.129. The van der Waals surface area contributed by atoms with Crippen LogP contribution < -0.4 is 15.4 Å². The van der Waals surface area contributed by atoms with Crippen LogP contribution in [-0.4, -0.2) is 67.9 Å². The second kappa shape index (κ2) is 11.9. The third-order valence-electron chi connectivity index (χ3n) is 4.65. The average Bonchev–Trinajstić information content (AvgIpc) is 2.68. The highest BCUT2D eigenvalue weighted by atomic mass is 16.5. The van der Waals surface area contributed by atoms with Crippen molar-refractivity contribution in [3.05, 3.63) is 23.9 Å². The summed E-state index contributed by atoms with van der Waals surface area (Å²) < 4.78 is 11.1. The monoisotopic (exact) mass is 391 g/mol. The Morgan fingerprint density at radius 2 is 1.96 bits per heavy atom. The summed E-state index contributed by atoms with van der Waals surface area (Å²) >= 11 is 0. The van der Waals surface area contributed by atoms with Crippen molar-refractivity contribution in [1.29, 1.82) is 0 Å². The fraction of sp³-hybridized carbons (Fsp3) is 0.714. The van der Waals surface area contributed by atoms with Gasteiger partial charge in [-0.1, -0.05) is 19.9 Å². The molecule has 1 aromatic rings. The number of guanidine groups is 1. The van der Waals surface area contributed by atoms with Crippen molar-refractivity contribution in [3.8, 4) is 5.88 Å². The Balaban J connectivity index is 1.83. The number of pyridine rings is 1. The van der Waals surface area contributed by atoms with Crippen LogP contribution in [0.1, 0.15) is 39.7 Å². The number of hydrogen-bond donors (Lipinski definition) is 2. The minimum absolute atomic E-state index is 0.129. The molecule has 7 nitrogen and oxygen atoms in total. The van der Waals surface area contributed by atoms with E-state index in [0.717, 1.165) is 50.8 Å². The Morgan fingerprint density at radius 3 is 2.54 bits per heavy atom. The van der Waals surface area contributed by atoms with Gasteiger partial charge in [-0.05, 0) is 31.7 Å². The molecule has 0 spiro atoms. The van der Waals surface area contributed by atoms with E-state index in [0.29, 0.717) is 24.4 Å². The van der Waals surface area contributed by atoms with E-state index in [1.54, 1.807) is 7.05 Å². The quantitative estimate of drug-likeness (QED) is 0.497. The molecule has 28 heavy (non-hydrogen) atoms. The summed E-state index contributed by atoms with van der Waals surface area (Å²) in [5.41, 5.74) is 1.09. The summed E-state index contributed by atoms with van der Waals surface area (Å²) in [6, 6.07) is 4.42. The first-order valence-electron chi connectivity index (χ1n) is 10.4. The first-order valence-corrected chi connectivity index (χ1v) is 10.4. The highest BCUT2D eigenvalue weighted by molar-refractivity contribution is 5.79. The summed E-state index contributed by atoms with van der Waals surface area (Å²) in [4.78, 5) is 11.2. The summed E-state index contributed by atoms with van der Waals surface area (Å²) in [6.45, 7) is 13.7. The molecular weight excluding hydrogens is 354 g/mol. The largest absolute Gasteiger partial charge is 0.475 e. The minimum Gasteiger partial charge on any atom is -0.475 e. The number of aliphatic imine (C=N–C) groups is 1. The SMILES string of the molecule is CN=C(NCc1ccc(OC(C)C)nc1)NCC(CC(C)C)N1CCOCC1. The van der Waals surface area contributed by atoms with Crippen molar-refractivity contribution in [2.75, 3.05) is 39.9 Å². The first kappa shape index (κ1) is 22.4. The standard InChI is InChI=1S/C21H37N5O2/c1-16(2)12-19(26-8-10-27-11-9-26)15-25-21(22-5)24-14-18-6-7-20(23-13-18)28-17(3)4/h6-7,13,16-17,19H,8-12,14-15H2,1-5H3,(H2,22,24,25). The molecule has 1 unspecified atom stereocenters. The van der Waals surface area contributed by atoms with Gasteiger partial charge in [0.1, 0.15) is 0 Å². The van der Waals surface area contributed by atoms with Gasteiger partial charge < -0.3 is 20.1 Å². The van der Waals surface area contributed by atoms with Crippen molar-refractivity contribution in [2.24, 2.45) is 10.9 Å². The van der Waals surface area contributed by atoms with Gasteiger partial charge >= 0.3 is 0 Å². The molecule has 7 heteroatoms. The molecule has 0 aromatic carbocycles. The highest BCUT2D eigenvalue weighted by Crippen LogP contribution is 2.13. The van der Waals surface area contributed by atoms with Gasteiger partial charge in [-0.2, -0.15) is 0 Å². The molecular formula is C21H37N5O2. The first-order chi connectivity index (χ1) is 13.5. The fourth-order valence-corrected chi connectivity index (χ4v) is 3.30. The number of morpholine rings is 1. The van der Waals surface area contributed by atoms with Crippen molar-refractivity contribution < 1.29 is 9.47 Å². The van der Waals surface area contributed by atoms with Crippen molar-refractivity contribution in [1.82, 2.24) is 20.5 Å². The number of ether oxygens (including phenoxy) is 2. The molecule has 1 saturated heterocycles. The Morgan fingerprint density at radius 1 is 1.21 bits per heavy atom. The molecule has 0 saturated carbocycles. The summed E-state index contributed by atoms with van der Waals surface area (Å²) in [5, 5.41) is 6.86. The summed E-state index contributed by atoms with van der Waals surface area (Å²) in [7, 11) is 1.80. The van der Waals surface area contributed by atoms with E-state index in [2.05, 4.69) is 39.4 Å². The van der Waals surface area contributed by atoms with Gasteiger partial charge in [0.05, 0.1) is 19.3 Å². The van der Waals surface area contributed by atoms with Crippen LogP contribution in [-0.2, 0) is 11.3 Å². The van der Waals surface area contributed by atoms with Crippen LogP contribution in [0.15, 0.2) is 23.3 Å². The number of nitrogens with one attached hydrogen (secondary N) is 2. The van der Waals surface area contributed by atoms with Gasteiger partial charge in [0.25, 0.3) is 0 Å². The number of aromatic nitrogens is 1. The number of nitrogens with zero attached hydrogens (tertiary/aromatic N) is 3. The van der Waals surface area contributed by atoms with Crippen molar-refractivity contribution in [3.63, 3.8) is 0 Å². The lowest BCUT2D eigenvalue weighted by molar-refractivity contribution is 0.0132. The lowest BCUT2D eigenvalue weighted by Crippen LogP contribution is -2.50. The predicted molar refractivity (Wildman–Crippen MR) is 114 cm³/mol. The Bertz CT molecular complexity index is 583. The van der Waals surface area contributed by atoms with Crippen LogP contribution >= 0.6 is 0 Å². The molecule has 158 valence electrons. The van der Waals surface area contributed by atoms with E-state index >= 15 is 0 Å². The predicted octanol–water partition coefficient (Wildman–Crippen LogP) is 2.28. The van der Waals surface area contributed by atoms with E-state index < -0.39 is 0 Å². The van der Waals surface area contributed by atoms with Crippen LogP contribution in [0.4, 0.5) is 0 Å². The lowest BCUT2D eigenvalue weighted by atomic mass is 10.0. The molecule has 1 atom stereocenters. The molecule has 1 aliphatic rings. The molecule has 0 aliphatic carbocycles. The molecule has 0 amide bonds. The van der Waals surface area contributed by atoms with E-state index in [4.69, 9.17) is 9.47 Å². The van der Waals surface area contributed by atoms with Crippen molar-refractivity contribution >= 4 is 5.96 Å². The van der Waals surface area contributed by atoms with E-state index in [-0.39, 0.29) is 6.10 Å². The highest BCUT2D eigenvalue weighted by Gasteiger charge is 2.22. The average molecular weight is 392 g/mol. The number of rotatable bonds is 9. The van der Waals surface area contributed by atoms with Crippen LogP contribution in [0.25, 0.3) is 0 Å². The maximum absolute atomic E-state index is 5.59. The maximum Gasteiger partial charge on any atom is 0.213 e.